The molecule has 0 spiro atoms. The highest BCUT2D eigenvalue weighted by molar-refractivity contribution is 5.81. The summed E-state index contributed by atoms with van der Waals surface area (Å²) in [5.41, 5.74) is 2.65. The lowest BCUT2D eigenvalue weighted by Crippen LogP contribution is -2.43. The predicted molar refractivity (Wildman–Crippen MR) is 95.9 cm³/mol. The SMILES string of the molecule is CC(Oc1ccc2c(c1)OCO2)C(=O)N1CCc2[nH]nc(-c3ccno3)c2C1. The summed E-state index contributed by atoms with van der Waals surface area (Å²) >= 11 is 0. The topological polar surface area (TPSA) is 103 Å². The number of ether oxygens (including phenoxy) is 3. The Kier molecular flexibility index (Phi) is 3.92. The normalized spacial score (nSPS) is 16.0. The van der Waals surface area contributed by atoms with E-state index in [9.17, 15) is 4.79 Å². The minimum absolute atomic E-state index is 0.0898. The van der Waals surface area contributed by atoms with Crippen LogP contribution in [0.5, 0.6) is 17.2 Å². The zero-order valence-corrected chi connectivity index (χ0v) is 15.2. The number of nitrogens with zero attached hydrogens (tertiary/aromatic N) is 3. The van der Waals surface area contributed by atoms with E-state index in [1.54, 1.807) is 42.3 Å². The first-order valence-electron chi connectivity index (χ1n) is 9.01. The molecular formula is C19H18N4O5. The molecule has 1 aromatic carbocycles. The summed E-state index contributed by atoms with van der Waals surface area (Å²) in [5.74, 6) is 2.35. The lowest BCUT2D eigenvalue weighted by Gasteiger charge is -2.29. The van der Waals surface area contributed by atoms with Gasteiger partial charge in [0.1, 0.15) is 11.4 Å². The second-order valence-electron chi connectivity index (χ2n) is 6.69. The van der Waals surface area contributed by atoms with E-state index in [1.165, 1.54) is 0 Å². The Bertz CT molecular complexity index is 1010. The fourth-order valence-corrected chi connectivity index (χ4v) is 3.49. The number of rotatable bonds is 4. The molecule has 0 fully saturated rings. The Morgan fingerprint density at radius 1 is 1.29 bits per heavy atom. The number of H-pyrrole nitrogens is 1. The van der Waals surface area contributed by atoms with Gasteiger partial charge in [-0.2, -0.15) is 5.10 Å². The van der Waals surface area contributed by atoms with E-state index in [1.807, 2.05) is 0 Å². The van der Waals surface area contributed by atoms with Crippen molar-refractivity contribution >= 4 is 5.91 Å². The molecule has 144 valence electrons. The van der Waals surface area contributed by atoms with E-state index >= 15 is 0 Å². The monoisotopic (exact) mass is 382 g/mol. The van der Waals surface area contributed by atoms with Crippen LogP contribution in [0.3, 0.4) is 0 Å². The number of aromatic amines is 1. The number of amides is 1. The van der Waals surface area contributed by atoms with Gasteiger partial charge in [0.05, 0.1) is 6.20 Å². The fourth-order valence-electron chi connectivity index (χ4n) is 3.49. The van der Waals surface area contributed by atoms with Crippen LogP contribution in [0.4, 0.5) is 0 Å². The summed E-state index contributed by atoms with van der Waals surface area (Å²) in [4.78, 5) is 14.7. The largest absolute Gasteiger partial charge is 0.481 e. The maximum atomic E-state index is 12.9. The summed E-state index contributed by atoms with van der Waals surface area (Å²) in [6.07, 6.45) is 1.63. The van der Waals surface area contributed by atoms with Crippen LogP contribution >= 0.6 is 0 Å². The van der Waals surface area contributed by atoms with Crippen LogP contribution < -0.4 is 14.2 Å². The molecule has 0 bridgehead atoms. The molecule has 2 aromatic heterocycles. The minimum atomic E-state index is -0.637. The van der Waals surface area contributed by atoms with Crippen molar-refractivity contribution in [1.82, 2.24) is 20.3 Å². The van der Waals surface area contributed by atoms with Gasteiger partial charge in [-0.1, -0.05) is 5.16 Å². The van der Waals surface area contributed by atoms with Gasteiger partial charge in [0.2, 0.25) is 6.79 Å². The summed E-state index contributed by atoms with van der Waals surface area (Å²) < 4.78 is 21.7. The number of hydrogen-bond donors (Lipinski definition) is 1. The number of fused-ring (bicyclic) bond motifs is 2. The van der Waals surface area contributed by atoms with Gasteiger partial charge in [0, 0.05) is 42.9 Å². The van der Waals surface area contributed by atoms with Crippen molar-refractivity contribution in [3.05, 3.63) is 41.7 Å². The molecule has 1 N–H and O–H groups in total. The van der Waals surface area contributed by atoms with Crippen LogP contribution in [0.1, 0.15) is 18.2 Å². The lowest BCUT2D eigenvalue weighted by molar-refractivity contribution is -0.138. The quantitative estimate of drug-likeness (QED) is 0.737. The second kappa shape index (κ2) is 6.59. The number of hydrogen-bond acceptors (Lipinski definition) is 7. The van der Waals surface area contributed by atoms with Gasteiger partial charge in [0.25, 0.3) is 5.91 Å². The van der Waals surface area contributed by atoms with Gasteiger partial charge < -0.3 is 23.6 Å². The molecule has 2 aliphatic heterocycles. The maximum Gasteiger partial charge on any atom is 0.263 e. The lowest BCUT2D eigenvalue weighted by atomic mass is 10.0. The molecule has 1 amide bonds. The van der Waals surface area contributed by atoms with Crippen LogP contribution in [0.15, 0.2) is 35.0 Å². The molecule has 28 heavy (non-hydrogen) atoms. The number of benzene rings is 1. The van der Waals surface area contributed by atoms with Crippen molar-refractivity contribution in [3.63, 3.8) is 0 Å². The van der Waals surface area contributed by atoms with E-state index in [0.717, 1.165) is 11.3 Å². The van der Waals surface area contributed by atoms with Crippen molar-refractivity contribution in [2.75, 3.05) is 13.3 Å². The number of carbonyl (C=O) groups is 1. The Balaban J connectivity index is 1.30. The van der Waals surface area contributed by atoms with E-state index in [-0.39, 0.29) is 12.7 Å². The number of nitrogens with one attached hydrogen (secondary N) is 1. The van der Waals surface area contributed by atoms with Gasteiger partial charge in [-0.05, 0) is 19.1 Å². The average Bonchev–Trinajstić information content (AvgIpc) is 3.45. The third-order valence-corrected chi connectivity index (χ3v) is 4.92. The summed E-state index contributed by atoms with van der Waals surface area (Å²) in [6, 6.07) is 7.03. The van der Waals surface area contributed by atoms with Crippen LogP contribution in [0.25, 0.3) is 11.5 Å². The molecule has 0 saturated heterocycles. The molecule has 0 radical (unpaired) electrons. The zero-order valence-electron chi connectivity index (χ0n) is 15.2. The van der Waals surface area contributed by atoms with Gasteiger partial charge in [-0.15, -0.1) is 0 Å². The Labute approximate surface area is 160 Å². The van der Waals surface area contributed by atoms with Crippen LogP contribution in [0, 0.1) is 0 Å². The average molecular weight is 382 g/mol. The Morgan fingerprint density at radius 2 is 2.18 bits per heavy atom. The van der Waals surface area contributed by atoms with Crippen LogP contribution in [0.2, 0.25) is 0 Å². The first-order valence-corrected chi connectivity index (χ1v) is 9.01. The van der Waals surface area contributed by atoms with Gasteiger partial charge >= 0.3 is 0 Å². The molecule has 1 atom stereocenters. The molecule has 3 aromatic rings. The summed E-state index contributed by atoms with van der Waals surface area (Å²) in [6.45, 7) is 2.98. The first-order chi connectivity index (χ1) is 13.7. The molecule has 9 heteroatoms. The molecule has 9 nitrogen and oxygen atoms in total. The van der Waals surface area contributed by atoms with Crippen molar-refractivity contribution < 1.29 is 23.5 Å². The maximum absolute atomic E-state index is 12.9. The molecule has 5 rings (SSSR count). The van der Waals surface area contributed by atoms with Crippen LogP contribution in [-0.4, -0.2) is 45.6 Å². The summed E-state index contributed by atoms with van der Waals surface area (Å²) in [5, 5.41) is 11.1. The van der Waals surface area contributed by atoms with Crippen LogP contribution in [-0.2, 0) is 17.8 Å². The number of carbonyl (C=O) groups excluding carboxylic acids is 1. The molecular weight excluding hydrogens is 364 g/mol. The van der Waals surface area contributed by atoms with Crippen molar-refractivity contribution in [1.29, 1.82) is 0 Å². The highest BCUT2D eigenvalue weighted by Crippen LogP contribution is 2.35. The molecule has 0 aliphatic carbocycles. The van der Waals surface area contributed by atoms with E-state index in [2.05, 4.69) is 15.4 Å². The highest BCUT2D eigenvalue weighted by atomic mass is 16.7. The molecule has 0 saturated carbocycles. The molecule has 1 unspecified atom stereocenters. The standard InChI is InChI=1S/C19H18N4O5/c1-11(27-12-2-3-15-17(8-12)26-10-25-15)19(24)23-7-5-14-13(9-23)18(22-21-14)16-4-6-20-28-16/h2-4,6,8,11H,5,7,9-10H2,1H3,(H,21,22). The van der Waals surface area contributed by atoms with Crippen molar-refractivity contribution in [2.24, 2.45) is 0 Å². The Morgan fingerprint density at radius 3 is 3.04 bits per heavy atom. The molecule has 2 aliphatic rings. The third-order valence-electron chi connectivity index (χ3n) is 4.92. The zero-order chi connectivity index (χ0) is 19.1. The smallest absolute Gasteiger partial charge is 0.263 e. The fraction of sp³-hybridized carbons (Fsp3) is 0.316. The second-order valence-corrected chi connectivity index (χ2v) is 6.69. The van der Waals surface area contributed by atoms with E-state index in [0.29, 0.717) is 48.2 Å². The first kappa shape index (κ1) is 16.7. The predicted octanol–water partition coefficient (Wildman–Crippen LogP) is 2.15. The van der Waals surface area contributed by atoms with Crippen molar-refractivity contribution in [3.8, 4) is 28.7 Å². The highest BCUT2D eigenvalue weighted by Gasteiger charge is 2.30. The minimum Gasteiger partial charge on any atom is -0.481 e. The van der Waals surface area contributed by atoms with Crippen molar-refractivity contribution in [2.45, 2.75) is 26.0 Å². The van der Waals surface area contributed by atoms with Gasteiger partial charge in [-0.25, -0.2) is 0 Å². The summed E-state index contributed by atoms with van der Waals surface area (Å²) in [7, 11) is 0. The van der Waals surface area contributed by atoms with Gasteiger partial charge in [-0.3, -0.25) is 9.89 Å². The molecule has 4 heterocycles. The van der Waals surface area contributed by atoms with E-state index in [4.69, 9.17) is 18.7 Å². The number of aromatic nitrogens is 3. The third kappa shape index (κ3) is 2.84. The van der Waals surface area contributed by atoms with E-state index < -0.39 is 6.10 Å². The Hall–Kier alpha value is -3.49. The van der Waals surface area contributed by atoms with Gasteiger partial charge in [0.15, 0.2) is 23.4 Å².